The van der Waals surface area contributed by atoms with Gasteiger partial charge in [0.05, 0.1) is 23.0 Å². The molecule has 1 aromatic carbocycles. The predicted octanol–water partition coefficient (Wildman–Crippen LogP) is 4.54. The number of aryl methyl sites for hydroxylation is 1. The average molecular weight is 306 g/mol. The maximum atomic E-state index is 6.11. The quantitative estimate of drug-likeness (QED) is 0.663. The van der Waals surface area contributed by atoms with Crippen LogP contribution in [0, 0.1) is 6.92 Å². The third-order valence-corrected chi connectivity index (χ3v) is 4.59. The second kappa shape index (κ2) is 5.54. The van der Waals surface area contributed by atoms with Crippen molar-refractivity contribution in [1.29, 1.82) is 0 Å². The molecule has 0 bridgehead atoms. The molecular weight excluding hydrogens is 290 g/mol. The molecule has 0 saturated heterocycles. The summed E-state index contributed by atoms with van der Waals surface area (Å²) in [5.74, 6) is 1.32. The number of benzene rings is 1. The van der Waals surface area contributed by atoms with E-state index in [2.05, 4.69) is 46.6 Å². The number of halogens is 1. The van der Waals surface area contributed by atoms with E-state index in [4.69, 9.17) is 11.6 Å². The van der Waals surface area contributed by atoms with Gasteiger partial charge in [0.15, 0.2) is 0 Å². The number of thiazole rings is 1. The summed E-state index contributed by atoms with van der Waals surface area (Å²) in [6.45, 7) is 4.27. The van der Waals surface area contributed by atoms with Crippen LogP contribution in [-0.2, 0) is 5.88 Å². The molecule has 0 amide bonds. The molecule has 104 valence electrons. The third kappa shape index (κ3) is 2.23. The Kier molecular flexibility index (Phi) is 3.76. The lowest BCUT2D eigenvalue weighted by Gasteiger charge is -2.17. The largest absolute Gasteiger partial charge is 0.317 e. The van der Waals surface area contributed by atoms with Gasteiger partial charge >= 0.3 is 0 Å². The second-order valence-corrected chi connectivity index (χ2v) is 6.01. The van der Waals surface area contributed by atoms with Crippen molar-refractivity contribution in [3.05, 3.63) is 46.2 Å². The highest BCUT2D eigenvalue weighted by atomic mass is 35.5. The van der Waals surface area contributed by atoms with Gasteiger partial charge in [0.25, 0.3) is 0 Å². The molecule has 5 heteroatoms. The summed E-state index contributed by atoms with van der Waals surface area (Å²) >= 11 is 7.79. The zero-order valence-electron chi connectivity index (χ0n) is 11.5. The molecule has 1 atom stereocenters. The van der Waals surface area contributed by atoms with Crippen LogP contribution >= 0.6 is 22.9 Å². The minimum absolute atomic E-state index is 0.204. The van der Waals surface area contributed by atoms with Gasteiger partial charge in [0.2, 0.25) is 0 Å². The lowest BCUT2D eigenvalue weighted by molar-refractivity contribution is 0.561. The Morgan fingerprint density at radius 3 is 2.90 bits per heavy atom. The Labute approximate surface area is 127 Å². The molecule has 0 fully saturated rings. The van der Waals surface area contributed by atoms with Crippen molar-refractivity contribution in [2.45, 2.75) is 32.2 Å². The monoisotopic (exact) mass is 305 g/mol. The van der Waals surface area contributed by atoms with Crippen LogP contribution in [0.15, 0.2) is 29.8 Å². The van der Waals surface area contributed by atoms with Gasteiger partial charge < -0.3 is 4.57 Å². The Hall–Kier alpha value is -1.39. The highest BCUT2D eigenvalue weighted by Crippen LogP contribution is 2.30. The maximum Gasteiger partial charge on any atom is 0.125 e. The molecule has 3 rings (SSSR count). The summed E-state index contributed by atoms with van der Waals surface area (Å²) in [5.41, 5.74) is 3.37. The molecule has 2 aromatic heterocycles. The molecule has 0 saturated carbocycles. The van der Waals surface area contributed by atoms with E-state index < -0.39 is 0 Å². The summed E-state index contributed by atoms with van der Waals surface area (Å²) in [6.07, 6.45) is 2.82. The van der Waals surface area contributed by atoms with Crippen LogP contribution in [0.4, 0.5) is 0 Å². The summed E-state index contributed by atoms with van der Waals surface area (Å²) in [4.78, 5) is 9.13. The van der Waals surface area contributed by atoms with Crippen molar-refractivity contribution in [3.8, 4) is 0 Å². The number of hydrogen-bond acceptors (Lipinski definition) is 3. The molecule has 3 nitrogen and oxygen atoms in total. The molecule has 0 radical (unpaired) electrons. The van der Waals surface area contributed by atoms with Crippen LogP contribution < -0.4 is 0 Å². The Balaban J connectivity index is 2.24. The first-order chi connectivity index (χ1) is 9.74. The number of nitrogens with zero attached hydrogens (tertiary/aromatic N) is 3. The first-order valence-electron chi connectivity index (χ1n) is 6.67. The normalized spacial score (nSPS) is 12.9. The Bertz CT molecular complexity index is 718. The van der Waals surface area contributed by atoms with Crippen LogP contribution in [0.25, 0.3) is 11.0 Å². The number of alkyl halides is 1. The fourth-order valence-corrected chi connectivity index (χ4v) is 3.56. The highest BCUT2D eigenvalue weighted by Gasteiger charge is 2.20. The van der Waals surface area contributed by atoms with E-state index in [1.807, 2.05) is 11.6 Å². The highest BCUT2D eigenvalue weighted by molar-refractivity contribution is 7.09. The fourth-order valence-electron chi connectivity index (χ4n) is 2.56. The van der Waals surface area contributed by atoms with E-state index >= 15 is 0 Å². The van der Waals surface area contributed by atoms with E-state index in [-0.39, 0.29) is 6.04 Å². The number of aromatic nitrogens is 3. The van der Waals surface area contributed by atoms with E-state index in [0.29, 0.717) is 5.88 Å². The van der Waals surface area contributed by atoms with Crippen LogP contribution in [0.1, 0.15) is 35.8 Å². The Morgan fingerprint density at radius 2 is 2.25 bits per heavy atom. The summed E-state index contributed by atoms with van der Waals surface area (Å²) in [6, 6.07) is 6.53. The Morgan fingerprint density at radius 1 is 1.40 bits per heavy atom. The standard InChI is InChI=1S/C15H16ClN3S/c1-3-12(15-17-6-7-20-15)19-13-8-10(2)4-5-11(13)18-14(19)9-16/h4-8,12H,3,9H2,1-2H3. The number of imidazole rings is 1. The summed E-state index contributed by atoms with van der Waals surface area (Å²) < 4.78 is 2.24. The van der Waals surface area contributed by atoms with Gasteiger partial charge in [-0.05, 0) is 31.0 Å². The number of hydrogen-bond donors (Lipinski definition) is 0. The zero-order valence-corrected chi connectivity index (χ0v) is 13.1. The molecule has 0 aliphatic rings. The van der Waals surface area contributed by atoms with Gasteiger partial charge in [-0.15, -0.1) is 22.9 Å². The molecule has 2 heterocycles. The summed E-state index contributed by atoms with van der Waals surface area (Å²) in [5, 5.41) is 3.13. The van der Waals surface area contributed by atoms with E-state index in [1.54, 1.807) is 11.3 Å². The molecule has 20 heavy (non-hydrogen) atoms. The van der Waals surface area contributed by atoms with E-state index in [1.165, 1.54) is 5.56 Å². The van der Waals surface area contributed by atoms with Crippen LogP contribution in [0.5, 0.6) is 0 Å². The number of rotatable bonds is 4. The minimum atomic E-state index is 0.204. The smallest absolute Gasteiger partial charge is 0.125 e. The van der Waals surface area contributed by atoms with Gasteiger partial charge in [-0.1, -0.05) is 13.0 Å². The fraction of sp³-hybridized carbons (Fsp3) is 0.333. The van der Waals surface area contributed by atoms with E-state index in [9.17, 15) is 0 Å². The van der Waals surface area contributed by atoms with Crippen molar-refractivity contribution in [3.63, 3.8) is 0 Å². The number of fused-ring (bicyclic) bond motifs is 1. The van der Waals surface area contributed by atoms with Gasteiger partial charge in [-0.2, -0.15) is 0 Å². The van der Waals surface area contributed by atoms with Gasteiger partial charge in [-0.3, -0.25) is 0 Å². The van der Waals surface area contributed by atoms with Gasteiger partial charge in [0, 0.05) is 11.6 Å². The van der Waals surface area contributed by atoms with Gasteiger partial charge in [0.1, 0.15) is 10.8 Å². The molecule has 0 aliphatic carbocycles. The molecule has 0 spiro atoms. The molecular formula is C15H16ClN3S. The maximum absolute atomic E-state index is 6.11. The lowest BCUT2D eigenvalue weighted by Crippen LogP contribution is -2.12. The summed E-state index contributed by atoms with van der Waals surface area (Å²) in [7, 11) is 0. The first kappa shape index (κ1) is 13.6. The molecule has 3 aromatic rings. The lowest BCUT2D eigenvalue weighted by atomic mass is 10.2. The predicted molar refractivity (Wildman–Crippen MR) is 84.6 cm³/mol. The third-order valence-electron chi connectivity index (χ3n) is 3.47. The van der Waals surface area contributed by atoms with Crippen LogP contribution in [-0.4, -0.2) is 14.5 Å². The van der Waals surface area contributed by atoms with Crippen LogP contribution in [0.3, 0.4) is 0 Å². The molecule has 1 unspecified atom stereocenters. The second-order valence-electron chi connectivity index (χ2n) is 4.82. The minimum Gasteiger partial charge on any atom is -0.317 e. The van der Waals surface area contributed by atoms with Gasteiger partial charge in [-0.25, -0.2) is 9.97 Å². The van der Waals surface area contributed by atoms with Crippen molar-refractivity contribution in [2.75, 3.05) is 0 Å². The topological polar surface area (TPSA) is 30.7 Å². The average Bonchev–Trinajstić information content (AvgIpc) is 3.08. The van der Waals surface area contributed by atoms with Crippen LogP contribution in [0.2, 0.25) is 0 Å². The zero-order chi connectivity index (χ0) is 14.1. The van der Waals surface area contributed by atoms with Crippen molar-refractivity contribution < 1.29 is 0 Å². The van der Waals surface area contributed by atoms with E-state index in [0.717, 1.165) is 28.3 Å². The first-order valence-corrected chi connectivity index (χ1v) is 8.08. The SMILES string of the molecule is CCC(c1nccs1)n1c(CCl)nc2ccc(C)cc21. The molecule has 0 N–H and O–H groups in total. The van der Waals surface area contributed by atoms with Crippen molar-refractivity contribution >= 4 is 34.0 Å². The molecule has 0 aliphatic heterocycles. The van der Waals surface area contributed by atoms with Crippen molar-refractivity contribution in [2.24, 2.45) is 0 Å². The van der Waals surface area contributed by atoms with Crippen molar-refractivity contribution in [1.82, 2.24) is 14.5 Å².